The molecular weight excluding hydrogens is 264 g/mol. The number of carbonyl (C=O) groups excluding carboxylic acids is 1. The summed E-state index contributed by atoms with van der Waals surface area (Å²) >= 11 is 5.41. The summed E-state index contributed by atoms with van der Waals surface area (Å²) in [5.74, 6) is -0.170. The molecule has 0 heterocycles. The molecule has 0 saturated heterocycles. The molecule has 0 spiro atoms. The van der Waals surface area contributed by atoms with Crippen molar-refractivity contribution in [1.82, 2.24) is 0 Å². The second-order valence-electron chi connectivity index (χ2n) is 4.89. The Morgan fingerprint density at radius 2 is 1.21 bits per heavy atom. The van der Waals surface area contributed by atoms with Gasteiger partial charge in [-0.2, -0.15) is 0 Å². The monoisotopic (exact) mass is 292 g/mol. The molecular formula is C15H29ClO3. The average Bonchev–Trinajstić information content (AvgIpc) is 2.39. The number of carbonyl (C=O) groups is 1. The topological polar surface area (TPSA) is 35.5 Å². The van der Waals surface area contributed by atoms with E-state index in [4.69, 9.17) is 21.1 Å². The highest BCUT2D eigenvalue weighted by atomic mass is 35.5. The van der Waals surface area contributed by atoms with Crippen LogP contribution < -0.4 is 0 Å². The van der Waals surface area contributed by atoms with Gasteiger partial charge in [-0.05, 0) is 12.8 Å². The van der Waals surface area contributed by atoms with E-state index in [1.165, 1.54) is 58.3 Å². The van der Waals surface area contributed by atoms with Gasteiger partial charge in [0.25, 0.3) is 0 Å². The van der Waals surface area contributed by atoms with E-state index in [-0.39, 0.29) is 5.97 Å². The molecule has 0 aromatic heterocycles. The van der Waals surface area contributed by atoms with E-state index in [0.717, 1.165) is 19.4 Å². The third-order valence-electron chi connectivity index (χ3n) is 3.07. The number of alkyl halides is 1. The molecule has 0 aliphatic carbocycles. The maximum Gasteiger partial charge on any atom is 0.302 e. The molecule has 0 unspecified atom stereocenters. The Bertz CT molecular complexity index is 198. The fraction of sp³-hybridized carbons (Fsp3) is 0.933. The lowest BCUT2D eigenvalue weighted by molar-refractivity contribution is -0.141. The van der Waals surface area contributed by atoms with Crippen LogP contribution >= 0.6 is 11.6 Å². The molecule has 0 aliphatic heterocycles. The van der Waals surface area contributed by atoms with Gasteiger partial charge in [-0.15, -0.1) is 0 Å². The molecule has 0 saturated carbocycles. The van der Waals surface area contributed by atoms with Crippen molar-refractivity contribution in [3.05, 3.63) is 0 Å². The van der Waals surface area contributed by atoms with E-state index in [1.807, 2.05) is 0 Å². The lowest BCUT2D eigenvalue weighted by Gasteiger charge is -2.03. The summed E-state index contributed by atoms with van der Waals surface area (Å²) in [5, 5.41) is 0. The Labute approximate surface area is 123 Å². The van der Waals surface area contributed by atoms with Gasteiger partial charge in [0.05, 0.1) is 6.61 Å². The van der Waals surface area contributed by atoms with Gasteiger partial charge in [0, 0.05) is 13.5 Å². The maximum atomic E-state index is 10.5. The zero-order chi connectivity index (χ0) is 14.2. The Hall–Kier alpha value is -0.280. The van der Waals surface area contributed by atoms with Crippen molar-refractivity contribution < 1.29 is 14.3 Å². The van der Waals surface area contributed by atoms with Crippen LogP contribution in [0.5, 0.6) is 0 Å². The highest BCUT2D eigenvalue weighted by molar-refractivity contribution is 6.17. The molecule has 0 rings (SSSR count). The lowest BCUT2D eigenvalue weighted by atomic mass is 10.1. The largest absolute Gasteiger partial charge is 0.466 e. The number of hydrogen-bond donors (Lipinski definition) is 0. The Kier molecular flexibility index (Phi) is 15.5. The number of esters is 1. The SMILES string of the molecule is CC(=O)OCCCCCCCCCCCCOCCl. The van der Waals surface area contributed by atoms with Crippen LogP contribution in [0.25, 0.3) is 0 Å². The van der Waals surface area contributed by atoms with Gasteiger partial charge < -0.3 is 9.47 Å². The molecule has 3 nitrogen and oxygen atoms in total. The zero-order valence-electron chi connectivity index (χ0n) is 12.3. The summed E-state index contributed by atoms with van der Waals surface area (Å²) in [6.45, 7) is 2.84. The van der Waals surface area contributed by atoms with E-state index in [9.17, 15) is 4.79 Å². The predicted octanol–water partition coefficient (Wildman–Crippen LogP) is 4.66. The highest BCUT2D eigenvalue weighted by Gasteiger charge is 1.95. The summed E-state index contributed by atoms with van der Waals surface area (Å²) in [4.78, 5) is 10.5. The van der Waals surface area contributed by atoms with Crippen LogP contribution in [0.15, 0.2) is 0 Å². The first-order chi connectivity index (χ1) is 9.27. The van der Waals surface area contributed by atoms with Crippen LogP contribution in [-0.2, 0) is 14.3 Å². The van der Waals surface area contributed by atoms with Gasteiger partial charge in [-0.3, -0.25) is 4.79 Å². The van der Waals surface area contributed by atoms with Crippen molar-refractivity contribution in [3.63, 3.8) is 0 Å². The number of rotatable bonds is 14. The first kappa shape index (κ1) is 18.7. The third kappa shape index (κ3) is 17.7. The molecule has 4 heteroatoms. The third-order valence-corrected chi connectivity index (χ3v) is 3.22. The molecule has 0 radical (unpaired) electrons. The second kappa shape index (κ2) is 15.8. The summed E-state index contributed by atoms with van der Waals surface area (Å²) in [6.07, 6.45) is 12.4. The average molecular weight is 293 g/mol. The number of ether oxygens (including phenoxy) is 2. The van der Waals surface area contributed by atoms with Crippen molar-refractivity contribution in [2.75, 3.05) is 19.3 Å². The van der Waals surface area contributed by atoms with E-state index in [0.29, 0.717) is 12.7 Å². The summed E-state index contributed by atoms with van der Waals surface area (Å²) in [7, 11) is 0. The van der Waals surface area contributed by atoms with Gasteiger partial charge in [-0.1, -0.05) is 63.0 Å². The first-order valence-corrected chi connectivity index (χ1v) is 8.08. The van der Waals surface area contributed by atoms with Gasteiger partial charge in [0.1, 0.15) is 6.07 Å². The molecule has 0 aromatic rings. The van der Waals surface area contributed by atoms with Crippen LogP contribution in [0, 0.1) is 0 Å². The molecule has 0 amide bonds. The highest BCUT2D eigenvalue weighted by Crippen LogP contribution is 2.10. The second-order valence-corrected chi connectivity index (χ2v) is 5.11. The van der Waals surface area contributed by atoms with Crippen molar-refractivity contribution >= 4 is 17.6 Å². The van der Waals surface area contributed by atoms with Crippen molar-refractivity contribution in [2.24, 2.45) is 0 Å². The van der Waals surface area contributed by atoms with Crippen molar-refractivity contribution in [1.29, 1.82) is 0 Å². The quantitative estimate of drug-likeness (QED) is 0.265. The van der Waals surface area contributed by atoms with Gasteiger partial charge in [-0.25, -0.2) is 0 Å². The van der Waals surface area contributed by atoms with Crippen LogP contribution in [0.3, 0.4) is 0 Å². The minimum Gasteiger partial charge on any atom is -0.466 e. The normalized spacial score (nSPS) is 10.6. The van der Waals surface area contributed by atoms with E-state index >= 15 is 0 Å². The fourth-order valence-electron chi connectivity index (χ4n) is 1.99. The molecule has 114 valence electrons. The van der Waals surface area contributed by atoms with Crippen LogP contribution in [-0.4, -0.2) is 25.2 Å². The minimum absolute atomic E-state index is 0.170. The smallest absolute Gasteiger partial charge is 0.302 e. The molecule has 0 atom stereocenters. The van der Waals surface area contributed by atoms with Crippen molar-refractivity contribution in [3.8, 4) is 0 Å². The van der Waals surface area contributed by atoms with Gasteiger partial charge in [0.2, 0.25) is 0 Å². The Balaban J connectivity index is 2.93. The number of hydrogen-bond acceptors (Lipinski definition) is 3. The van der Waals surface area contributed by atoms with Gasteiger partial charge >= 0.3 is 5.97 Å². The van der Waals surface area contributed by atoms with E-state index in [1.54, 1.807) is 0 Å². The van der Waals surface area contributed by atoms with Crippen LogP contribution in [0.2, 0.25) is 0 Å². The first-order valence-electron chi connectivity index (χ1n) is 7.54. The summed E-state index contributed by atoms with van der Waals surface area (Å²) in [6, 6.07) is 0.317. The molecule has 19 heavy (non-hydrogen) atoms. The van der Waals surface area contributed by atoms with E-state index in [2.05, 4.69) is 0 Å². The van der Waals surface area contributed by atoms with Crippen LogP contribution in [0.4, 0.5) is 0 Å². The zero-order valence-corrected chi connectivity index (χ0v) is 13.1. The van der Waals surface area contributed by atoms with Crippen molar-refractivity contribution in [2.45, 2.75) is 71.1 Å². The maximum absolute atomic E-state index is 10.5. The molecule has 0 bridgehead atoms. The lowest BCUT2D eigenvalue weighted by Crippen LogP contribution is -2.00. The predicted molar refractivity (Wildman–Crippen MR) is 79.5 cm³/mol. The molecule has 0 aliphatic rings. The molecule has 0 fully saturated rings. The minimum atomic E-state index is -0.170. The summed E-state index contributed by atoms with van der Waals surface area (Å²) < 4.78 is 9.96. The fourth-order valence-corrected chi connectivity index (χ4v) is 2.10. The standard InChI is InChI=1S/C15H29ClO3/c1-15(17)19-13-11-9-7-5-3-2-4-6-8-10-12-18-14-16/h2-14H2,1H3. The van der Waals surface area contributed by atoms with Gasteiger partial charge in [0.15, 0.2) is 0 Å². The Morgan fingerprint density at radius 1 is 0.789 bits per heavy atom. The number of halogens is 1. The van der Waals surface area contributed by atoms with E-state index < -0.39 is 0 Å². The summed E-state index contributed by atoms with van der Waals surface area (Å²) in [5.41, 5.74) is 0. The Morgan fingerprint density at radius 3 is 1.63 bits per heavy atom. The molecule has 0 aromatic carbocycles. The van der Waals surface area contributed by atoms with Crippen LogP contribution in [0.1, 0.15) is 71.1 Å². The number of unbranched alkanes of at least 4 members (excludes halogenated alkanes) is 9. The molecule has 0 N–H and O–H groups in total.